The lowest BCUT2D eigenvalue weighted by atomic mass is 10.0. The molecule has 0 atom stereocenters. The zero-order chi connectivity index (χ0) is 12.7. The van der Waals surface area contributed by atoms with Gasteiger partial charge in [-0.05, 0) is 30.2 Å². The summed E-state index contributed by atoms with van der Waals surface area (Å²) in [6.45, 7) is 3.10. The third kappa shape index (κ3) is 1.65. The minimum absolute atomic E-state index is 0.136. The van der Waals surface area contributed by atoms with Gasteiger partial charge in [0.1, 0.15) is 5.75 Å². The van der Waals surface area contributed by atoms with Crippen molar-refractivity contribution in [1.29, 1.82) is 0 Å². The first kappa shape index (κ1) is 11.1. The number of hydrogen-bond acceptors (Lipinski definition) is 2. The highest BCUT2D eigenvalue weighted by Crippen LogP contribution is 2.30. The maximum Gasteiger partial charge on any atom is 0.219 e. The maximum absolute atomic E-state index is 11.4. The number of nitrogens with one attached hydrogen (secondary N) is 1. The Labute approximate surface area is 106 Å². The van der Waals surface area contributed by atoms with Crippen molar-refractivity contribution in [2.45, 2.75) is 19.9 Å². The highest BCUT2D eigenvalue weighted by Gasteiger charge is 2.21. The molecule has 0 aliphatic carbocycles. The fraction of sp³-hybridized carbons (Fsp3) is 0.357. The number of ether oxygens (including phenoxy) is 1. The fourth-order valence-electron chi connectivity index (χ4n) is 2.62. The van der Waals surface area contributed by atoms with E-state index in [0.29, 0.717) is 6.54 Å². The smallest absolute Gasteiger partial charge is 0.219 e. The second kappa shape index (κ2) is 4.05. The molecule has 94 valence electrons. The van der Waals surface area contributed by atoms with Gasteiger partial charge in [0, 0.05) is 30.1 Å². The molecule has 4 heteroatoms. The van der Waals surface area contributed by atoms with Crippen LogP contribution in [-0.4, -0.2) is 29.4 Å². The third-order valence-electron chi connectivity index (χ3n) is 3.63. The number of nitrogens with zero attached hydrogens (tertiary/aromatic N) is 1. The number of aromatic nitrogens is 1. The predicted octanol–water partition coefficient (Wildman–Crippen LogP) is 2.08. The van der Waals surface area contributed by atoms with Crippen LogP contribution >= 0.6 is 0 Å². The van der Waals surface area contributed by atoms with Crippen LogP contribution in [0.25, 0.3) is 10.9 Å². The van der Waals surface area contributed by atoms with Crippen molar-refractivity contribution < 1.29 is 9.53 Å². The molecule has 1 aliphatic heterocycles. The lowest BCUT2D eigenvalue weighted by Gasteiger charge is -2.25. The van der Waals surface area contributed by atoms with Gasteiger partial charge in [-0.3, -0.25) is 4.79 Å². The largest absolute Gasteiger partial charge is 0.497 e. The number of H-pyrrole nitrogens is 1. The number of hydrogen-bond donors (Lipinski definition) is 1. The Balaban J connectivity index is 2.07. The van der Waals surface area contributed by atoms with E-state index in [4.69, 9.17) is 4.74 Å². The topological polar surface area (TPSA) is 45.3 Å². The lowest BCUT2D eigenvalue weighted by Crippen LogP contribution is -2.34. The van der Waals surface area contributed by atoms with Gasteiger partial charge < -0.3 is 14.6 Å². The van der Waals surface area contributed by atoms with E-state index in [-0.39, 0.29) is 5.91 Å². The zero-order valence-electron chi connectivity index (χ0n) is 10.6. The van der Waals surface area contributed by atoms with Gasteiger partial charge in [0.25, 0.3) is 0 Å². The monoisotopic (exact) mass is 244 g/mol. The highest BCUT2D eigenvalue weighted by molar-refractivity contribution is 5.86. The third-order valence-corrected chi connectivity index (χ3v) is 3.63. The van der Waals surface area contributed by atoms with E-state index < -0.39 is 0 Å². The summed E-state index contributed by atoms with van der Waals surface area (Å²) in [5.74, 6) is 1.01. The molecule has 0 saturated carbocycles. The van der Waals surface area contributed by atoms with E-state index in [9.17, 15) is 4.79 Å². The van der Waals surface area contributed by atoms with Crippen molar-refractivity contribution in [1.82, 2.24) is 9.88 Å². The molecule has 0 bridgehead atoms. The van der Waals surface area contributed by atoms with Crippen LogP contribution in [0, 0.1) is 0 Å². The number of fused-ring (bicyclic) bond motifs is 3. The molecule has 1 aliphatic rings. The molecule has 3 rings (SSSR count). The molecule has 1 amide bonds. The molecular formula is C14H16N2O2. The number of methoxy groups -OCH3 is 1. The summed E-state index contributed by atoms with van der Waals surface area (Å²) in [7, 11) is 1.68. The zero-order valence-corrected chi connectivity index (χ0v) is 10.6. The van der Waals surface area contributed by atoms with Crippen LogP contribution in [0.5, 0.6) is 5.75 Å². The van der Waals surface area contributed by atoms with Gasteiger partial charge >= 0.3 is 0 Å². The number of carbonyl (C=O) groups is 1. The Morgan fingerprint density at radius 3 is 3.00 bits per heavy atom. The normalized spacial score (nSPS) is 14.7. The van der Waals surface area contributed by atoms with Gasteiger partial charge in [-0.15, -0.1) is 0 Å². The van der Waals surface area contributed by atoms with Crippen LogP contribution in [0.3, 0.4) is 0 Å². The van der Waals surface area contributed by atoms with Crippen LogP contribution in [0.2, 0.25) is 0 Å². The first-order chi connectivity index (χ1) is 8.69. The molecule has 2 aromatic rings. The summed E-state index contributed by atoms with van der Waals surface area (Å²) < 4.78 is 5.26. The van der Waals surface area contributed by atoms with E-state index in [2.05, 4.69) is 11.1 Å². The number of aromatic amines is 1. The van der Waals surface area contributed by atoms with Crippen LogP contribution in [0.4, 0.5) is 0 Å². The quantitative estimate of drug-likeness (QED) is 0.834. The summed E-state index contributed by atoms with van der Waals surface area (Å²) in [5.41, 5.74) is 3.59. The van der Waals surface area contributed by atoms with Crippen LogP contribution in [0.15, 0.2) is 18.2 Å². The van der Waals surface area contributed by atoms with Crippen LogP contribution in [0.1, 0.15) is 18.2 Å². The molecule has 0 unspecified atom stereocenters. The summed E-state index contributed by atoms with van der Waals surface area (Å²) in [5, 5.41) is 1.22. The van der Waals surface area contributed by atoms with Crippen molar-refractivity contribution in [2.24, 2.45) is 0 Å². The highest BCUT2D eigenvalue weighted by atomic mass is 16.5. The number of amides is 1. The summed E-state index contributed by atoms with van der Waals surface area (Å²) in [4.78, 5) is 16.7. The Morgan fingerprint density at radius 2 is 2.28 bits per heavy atom. The standard InChI is InChI=1S/C14H16N2O2/c1-9(17)16-6-5-11-12-7-10(18-2)3-4-13(12)15-14(11)8-16/h3-4,7,15H,5-6,8H2,1-2H3. The predicted molar refractivity (Wildman–Crippen MR) is 69.6 cm³/mol. The number of benzene rings is 1. The Morgan fingerprint density at radius 1 is 1.44 bits per heavy atom. The minimum atomic E-state index is 0.136. The second-order valence-corrected chi connectivity index (χ2v) is 4.68. The van der Waals surface area contributed by atoms with Gasteiger partial charge in [0.2, 0.25) is 5.91 Å². The Hall–Kier alpha value is -1.97. The summed E-state index contributed by atoms with van der Waals surface area (Å²) in [6.07, 6.45) is 0.905. The number of carbonyl (C=O) groups excluding carboxylic acids is 1. The van der Waals surface area contributed by atoms with Crippen molar-refractivity contribution in [3.63, 3.8) is 0 Å². The van der Waals surface area contributed by atoms with Crippen molar-refractivity contribution in [3.05, 3.63) is 29.5 Å². The summed E-state index contributed by atoms with van der Waals surface area (Å²) >= 11 is 0. The molecule has 0 spiro atoms. The molecule has 4 nitrogen and oxygen atoms in total. The average Bonchev–Trinajstić information content (AvgIpc) is 2.75. The van der Waals surface area contributed by atoms with Gasteiger partial charge in [0.05, 0.1) is 13.7 Å². The Bertz CT molecular complexity index is 616. The fourth-order valence-corrected chi connectivity index (χ4v) is 2.62. The van der Waals surface area contributed by atoms with E-state index in [1.807, 2.05) is 17.0 Å². The maximum atomic E-state index is 11.4. The van der Waals surface area contributed by atoms with E-state index in [0.717, 1.165) is 29.9 Å². The van der Waals surface area contributed by atoms with Crippen molar-refractivity contribution in [3.8, 4) is 5.75 Å². The van der Waals surface area contributed by atoms with Crippen molar-refractivity contribution in [2.75, 3.05) is 13.7 Å². The summed E-state index contributed by atoms with van der Waals surface area (Å²) in [6, 6.07) is 6.05. The molecular weight excluding hydrogens is 228 g/mol. The molecule has 1 aromatic heterocycles. The van der Waals surface area contributed by atoms with Crippen LogP contribution < -0.4 is 4.74 Å². The number of rotatable bonds is 1. The van der Waals surface area contributed by atoms with Gasteiger partial charge in [-0.2, -0.15) is 0 Å². The van der Waals surface area contributed by atoms with Gasteiger partial charge in [-0.25, -0.2) is 0 Å². The lowest BCUT2D eigenvalue weighted by molar-refractivity contribution is -0.129. The molecule has 0 saturated heterocycles. The minimum Gasteiger partial charge on any atom is -0.497 e. The molecule has 0 fully saturated rings. The molecule has 1 aromatic carbocycles. The first-order valence-electron chi connectivity index (χ1n) is 6.12. The van der Waals surface area contributed by atoms with Gasteiger partial charge in [-0.1, -0.05) is 0 Å². The molecule has 2 heterocycles. The first-order valence-corrected chi connectivity index (χ1v) is 6.12. The Kier molecular flexibility index (Phi) is 2.51. The second-order valence-electron chi connectivity index (χ2n) is 4.68. The van der Waals surface area contributed by atoms with Crippen molar-refractivity contribution >= 4 is 16.8 Å². The van der Waals surface area contributed by atoms with E-state index in [1.165, 1.54) is 10.9 Å². The molecule has 0 radical (unpaired) electrons. The van der Waals surface area contributed by atoms with E-state index in [1.54, 1.807) is 14.0 Å². The van der Waals surface area contributed by atoms with Crippen LogP contribution in [-0.2, 0) is 17.8 Å². The SMILES string of the molecule is COc1ccc2[nH]c3c(c2c1)CCN(C(C)=O)C3. The van der Waals surface area contributed by atoms with Gasteiger partial charge in [0.15, 0.2) is 0 Å². The molecule has 1 N–H and O–H groups in total. The average molecular weight is 244 g/mol. The molecule has 18 heavy (non-hydrogen) atoms. The van der Waals surface area contributed by atoms with E-state index >= 15 is 0 Å².